The molecule has 2 unspecified atom stereocenters. The zero-order valence-electron chi connectivity index (χ0n) is 13.2. The van der Waals surface area contributed by atoms with Gasteiger partial charge in [-0.05, 0) is 32.9 Å². The molecular formula is C16H33N3. The van der Waals surface area contributed by atoms with Crippen molar-refractivity contribution in [3.05, 3.63) is 0 Å². The number of likely N-dealkylation sites (N-methyl/N-ethyl adjacent to an activating group) is 2. The third-order valence-electron chi connectivity index (χ3n) is 5.00. The molecular weight excluding hydrogens is 234 g/mol. The maximum Gasteiger partial charge on any atom is 0.0344 e. The predicted octanol–water partition coefficient (Wildman–Crippen LogP) is 2.18. The van der Waals surface area contributed by atoms with Gasteiger partial charge in [0, 0.05) is 38.3 Å². The van der Waals surface area contributed by atoms with Crippen molar-refractivity contribution in [2.24, 2.45) is 5.92 Å². The summed E-state index contributed by atoms with van der Waals surface area (Å²) in [5, 5.41) is 3.38. The first-order valence-electron chi connectivity index (χ1n) is 8.29. The van der Waals surface area contributed by atoms with Gasteiger partial charge in [-0.15, -0.1) is 0 Å². The molecule has 1 N–H and O–H groups in total. The summed E-state index contributed by atoms with van der Waals surface area (Å²) in [7, 11) is 4.38. The maximum absolute atomic E-state index is 3.38. The lowest BCUT2D eigenvalue weighted by Gasteiger charge is -2.34. The number of hydrogen-bond acceptors (Lipinski definition) is 3. The molecule has 0 spiro atoms. The van der Waals surface area contributed by atoms with Gasteiger partial charge in [0.2, 0.25) is 0 Å². The lowest BCUT2D eigenvalue weighted by Crippen LogP contribution is -2.47. The molecule has 0 aromatic heterocycles. The van der Waals surface area contributed by atoms with Crippen LogP contribution in [0.2, 0.25) is 0 Å². The Morgan fingerprint density at radius 1 is 1.00 bits per heavy atom. The molecule has 1 aliphatic heterocycles. The SMILES string of the molecule is CNCC1CN(C2CCCCCC2)CC(C)CN1C. The van der Waals surface area contributed by atoms with E-state index in [1.54, 1.807) is 0 Å². The highest BCUT2D eigenvalue weighted by molar-refractivity contribution is 4.86. The molecule has 0 aromatic rings. The van der Waals surface area contributed by atoms with Crippen LogP contribution in [0.1, 0.15) is 45.4 Å². The van der Waals surface area contributed by atoms with Gasteiger partial charge in [0.1, 0.15) is 0 Å². The molecule has 2 atom stereocenters. The molecule has 1 heterocycles. The molecule has 0 bridgehead atoms. The minimum Gasteiger partial charge on any atom is -0.318 e. The first-order chi connectivity index (χ1) is 9.20. The fourth-order valence-corrected chi connectivity index (χ4v) is 3.96. The van der Waals surface area contributed by atoms with E-state index in [0.29, 0.717) is 6.04 Å². The van der Waals surface area contributed by atoms with E-state index < -0.39 is 0 Å². The third kappa shape index (κ3) is 4.44. The second kappa shape index (κ2) is 7.61. The Labute approximate surface area is 119 Å². The highest BCUT2D eigenvalue weighted by Crippen LogP contribution is 2.25. The second-order valence-electron chi connectivity index (χ2n) is 6.86. The normalized spacial score (nSPS) is 33.0. The summed E-state index contributed by atoms with van der Waals surface area (Å²) >= 11 is 0. The topological polar surface area (TPSA) is 18.5 Å². The van der Waals surface area contributed by atoms with Crippen molar-refractivity contribution < 1.29 is 0 Å². The van der Waals surface area contributed by atoms with Gasteiger partial charge in [0.15, 0.2) is 0 Å². The van der Waals surface area contributed by atoms with E-state index in [4.69, 9.17) is 0 Å². The van der Waals surface area contributed by atoms with Crippen molar-refractivity contribution in [1.29, 1.82) is 0 Å². The predicted molar refractivity (Wildman–Crippen MR) is 82.6 cm³/mol. The quantitative estimate of drug-likeness (QED) is 0.791. The highest BCUT2D eigenvalue weighted by atomic mass is 15.3. The van der Waals surface area contributed by atoms with Gasteiger partial charge in [-0.25, -0.2) is 0 Å². The molecule has 0 amide bonds. The Hall–Kier alpha value is -0.120. The zero-order valence-corrected chi connectivity index (χ0v) is 13.2. The average molecular weight is 267 g/mol. The van der Waals surface area contributed by atoms with Crippen LogP contribution < -0.4 is 5.32 Å². The van der Waals surface area contributed by atoms with Crippen LogP contribution in [0.25, 0.3) is 0 Å². The fourth-order valence-electron chi connectivity index (χ4n) is 3.96. The van der Waals surface area contributed by atoms with Crippen molar-refractivity contribution in [1.82, 2.24) is 15.1 Å². The minimum atomic E-state index is 0.679. The van der Waals surface area contributed by atoms with Crippen molar-refractivity contribution in [3.63, 3.8) is 0 Å². The Morgan fingerprint density at radius 2 is 1.68 bits per heavy atom. The van der Waals surface area contributed by atoms with Gasteiger partial charge in [-0.1, -0.05) is 32.6 Å². The van der Waals surface area contributed by atoms with Gasteiger partial charge in [0.05, 0.1) is 0 Å². The molecule has 0 radical (unpaired) electrons. The maximum atomic E-state index is 3.38. The van der Waals surface area contributed by atoms with Gasteiger partial charge in [-0.2, -0.15) is 0 Å². The summed E-state index contributed by atoms with van der Waals surface area (Å²) < 4.78 is 0. The molecule has 1 saturated carbocycles. The lowest BCUT2D eigenvalue weighted by atomic mass is 10.0. The van der Waals surface area contributed by atoms with Crippen LogP contribution in [0.4, 0.5) is 0 Å². The summed E-state index contributed by atoms with van der Waals surface area (Å²) in [6, 6.07) is 1.54. The van der Waals surface area contributed by atoms with E-state index in [1.165, 1.54) is 58.2 Å². The number of hydrogen-bond donors (Lipinski definition) is 1. The summed E-state index contributed by atoms with van der Waals surface area (Å²) in [5.41, 5.74) is 0. The van der Waals surface area contributed by atoms with Crippen molar-refractivity contribution in [3.8, 4) is 0 Å². The van der Waals surface area contributed by atoms with Crippen LogP contribution in [-0.2, 0) is 0 Å². The van der Waals surface area contributed by atoms with E-state index in [2.05, 4.69) is 36.1 Å². The number of nitrogens with one attached hydrogen (secondary N) is 1. The number of nitrogens with zero attached hydrogens (tertiary/aromatic N) is 2. The van der Waals surface area contributed by atoms with Crippen LogP contribution in [-0.4, -0.2) is 62.2 Å². The van der Waals surface area contributed by atoms with Crippen LogP contribution in [0.3, 0.4) is 0 Å². The molecule has 3 nitrogen and oxygen atoms in total. The number of rotatable bonds is 3. The van der Waals surface area contributed by atoms with Gasteiger partial charge < -0.3 is 10.2 Å². The highest BCUT2D eigenvalue weighted by Gasteiger charge is 2.29. The standard InChI is InChI=1S/C16H33N3/c1-14-11-18(3)16(10-17-2)13-19(12-14)15-8-6-4-5-7-9-15/h14-17H,4-13H2,1-3H3. The largest absolute Gasteiger partial charge is 0.318 e. The fraction of sp³-hybridized carbons (Fsp3) is 1.00. The molecule has 0 aromatic carbocycles. The van der Waals surface area contributed by atoms with E-state index in [0.717, 1.165) is 18.5 Å². The van der Waals surface area contributed by atoms with Gasteiger partial charge >= 0.3 is 0 Å². The molecule has 19 heavy (non-hydrogen) atoms. The Kier molecular flexibility index (Phi) is 6.11. The Balaban J connectivity index is 2.00. The molecule has 112 valence electrons. The summed E-state index contributed by atoms with van der Waals surface area (Å²) in [6.45, 7) is 7.34. The molecule has 2 rings (SSSR count). The molecule has 2 fully saturated rings. The molecule has 2 aliphatic rings. The molecule has 1 aliphatic carbocycles. The smallest absolute Gasteiger partial charge is 0.0344 e. The summed E-state index contributed by atoms with van der Waals surface area (Å²) in [6.07, 6.45) is 8.68. The first kappa shape index (κ1) is 15.3. The monoisotopic (exact) mass is 267 g/mol. The average Bonchev–Trinajstić information content (AvgIpc) is 2.71. The Morgan fingerprint density at radius 3 is 2.32 bits per heavy atom. The molecule has 1 saturated heterocycles. The van der Waals surface area contributed by atoms with E-state index >= 15 is 0 Å². The van der Waals surface area contributed by atoms with Crippen molar-refractivity contribution >= 4 is 0 Å². The van der Waals surface area contributed by atoms with E-state index in [9.17, 15) is 0 Å². The lowest BCUT2D eigenvalue weighted by molar-refractivity contribution is 0.149. The second-order valence-corrected chi connectivity index (χ2v) is 6.86. The van der Waals surface area contributed by atoms with Crippen LogP contribution in [0.5, 0.6) is 0 Å². The Bertz CT molecular complexity index is 248. The summed E-state index contributed by atoms with van der Waals surface area (Å²) in [4.78, 5) is 5.39. The van der Waals surface area contributed by atoms with E-state index in [-0.39, 0.29) is 0 Å². The van der Waals surface area contributed by atoms with Crippen LogP contribution in [0, 0.1) is 5.92 Å². The van der Waals surface area contributed by atoms with Gasteiger partial charge in [0.25, 0.3) is 0 Å². The zero-order chi connectivity index (χ0) is 13.7. The van der Waals surface area contributed by atoms with Gasteiger partial charge in [-0.3, -0.25) is 4.90 Å². The molecule has 3 heteroatoms. The summed E-state index contributed by atoms with van der Waals surface area (Å²) in [5.74, 6) is 0.801. The van der Waals surface area contributed by atoms with Crippen LogP contribution in [0.15, 0.2) is 0 Å². The van der Waals surface area contributed by atoms with Crippen LogP contribution >= 0.6 is 0 Å². The first-order valence-corrected chi connectivity index (χ1v) is 8.29. The van der Waals surface area contributed by atoms with Crippen molar-refractivity contribution in [2.45, 2.75) is 57.5 Å². The van der Waals surface area contributed by atoms with E-state index in [1.807, 2.05) is 0 Å². The van der Waals surface area contributed by atoms with Crippen molar-refractivity contribution in [2.75, 3.05) is 40.3 Å². The third-order valence-corrected chi connectivity index (χ3v) is 5.00. The minimum absolute atomic E-state index is 0.679.